The predicted octanol–water partition coefficient (Wildman–Crippen LogP) is 0.958. The van der Waals surface area contributed by atoms with Gasteiger partial charge in [-0.3, -0.25) is 15.0 Å². The number of azide groups is 2. The van der Waals surface area contributed by atoms with Crippen LogP contribution in [0.15, 0.2) is 10.2 Å². The lowest BCUT2D eigenvalue weighted by Crippen LogP contribution is -2.68. The third kappa shape index (κ3) is 2.98. The van der Waals surface area contributed by atoms with E-state index in [0.29, 0.717) is 0 Å². The lowest BCUT2D eigenvalue weighted by Gasteiger charge is -2.43. The summed E-state index contributed by atoms with van der Waals surface area (Å²) in [5.41, 5.74) is 17.2. The van der Waals surface area contributed by atoms with Gasteiger partial charge in [-0.15, -0.1) is 11.6 Å². The standard InChI is InChI=1S/C10H13ClN8O4/c1-10(11)7(16-18-13)19(9(22)14-8(10)21)6-2-4(15-17-12)5(3-20)23-6/h4-7,20H,2-3H2,1H3,(H,14,21,22)/t4-,5+,6+,7+,10-/m0/s1. The van der Waals surface area contributed by atoms with Crippen LogP contribution >= 0.6 is 11.6 Å². The van der Waals surface area contributed by atoms with Crippen LogP contribution in [0.25, 0.3) is 20.9 Å². The Kier molecular flexibility index (Phi) is 4.83. The van der Waals surface area contributed by atoms with E-state index in [-0.39, 0.29) is 6.42 Å². The average Bonchev–Trinajstić information content (AvgIpc) is 2.88. The summed E-state index contributed by atoms with van der Waals surface area (Å²) >= 11 is 6.12. The Morgan fingerprint density at radius 1 is 1.48 bits per heavy atom. The summed E-state index contributed by atoms with van der Waals surface area (Å²) in [6.07, 6.45) is -3.09. The van der Waals surface area contributed by atoms with Gasteiger partial charge in [0.2, 0.25) is 0 Å². The zero-order valence-corrected chi connectivity index (χ0v) is 12.7. The molecule has 0 bridgehead atoms. The molecular weight excluding hydrogens is 332 g/mol. The average molecular weight is 345 g/mol. The summed E-state index contributed by atoms with van der Waals surface area (Å²) in [7, 11) is 0. The van der Waals surface area contributed by atoms with Gasteiger partial charge in [0.25, 0.3) is 5.91 Å². The fraction of sp³-hybridized carbons (Fsp3) is 0.800. The Labute approximate surface area is 134 Å². The zero-order valence-electron chi connectivity index (χ0n) is 11.9. The molecule has 2 heterocycles. The number of amides is 3. The van der Waals surface area contributed by atoms with Crippen molar-refractivity contribution in [3.05, 3.63) is 20.9 Å². The molecule has 2 rings (SSSR count). The maximum absolute atomic E-state index is 12.1. The van der Waals surface area contributed by atoms with Crippen LogP contribution in [0, 0.1) is 0 Å². The second-order valence-electron chi connectivity index (χ2n) is 5.14. The molecule has 2 N–H and O–H groups in total. The number of alkyl halides is 1. The molecule has 0 aromatic carbocycles. The molecule has 2 aliphatic rings. The molecule has 3 amide bonds. The number of aliphatic hydroxyl groups excluding tert-OH is 1. The van der Waals surface area contributed by atoms with Crippen LogP contribution in [0.2, 0.25) is 0 Å². The van der Waals surface area contributed by atoms with Crippen LogP contribution in [0.4, 0.5) is 4.79 Å². The van der Waals surface area contributed by atoms with E-state index in [9.17, 15) is 14.7 Å². The van der Waals surface area contributed by atoms with Crippen molar-refractivity contribution in [1.82, 2.24) is 10.2 Å². The van der Waals surface area contributed by atoms with Crippen LogP contribution in [-0.4, -0.2) is 58.0 Å². The molecule has 2 saturated heterocycles. The largest absolute Gasteiger partial charge is 0.394 e. The van der Waals surface area contributed by atoms with E-state index in [0.717, 1.165) is 4.90 Å². The van der Waals surface area contributed by atoms with Gasteiger partial charge in [0, 0.05) is 16.2 Å². The second-order valence-corrected chi connectivity index (χ2v) is 5.93. The van der Waals surface area contributed by atoms with Crippen LogP contribution < -0.4 is 5.32 Å². The number of nitrogens with zero attached hydrogens (tertiary/aromatic N) is 7. The highest BCUT2D eigenvalue weighted by molar-refractivity contribution is 6.37. The Balaban J connectivity index is 2.35. The minimum atomic E-state index is -1.70. The first kappa shape index (κ1) is 17.1. The van der Waals surface area contributed by atoms with Crippen LogP contribution in [0.5, 0.6) is 0 Å². The quantitative estimate of drug-likeness (QED) is 0.334. The van der Waals surface area contributed by atoms with E-state index in [1.807, 2.05) is 0 Å². The smallest absolute Gasteiger partial charge is 0.326 e. The first-order valence-corrected chi connectivity index (χ1v) is 6.92. The van der Waals surface area contributed by atoms with Crippen molar-refractivity contribution in [3.63, 3.8) is 0 Å². The van der Waals surface area contributed by atoms with Crippen molar-refractivity contribution in [2.24, 2.45) is 10.2 Å². The fourth-order valence-corrected chi connectivity index (χ4v) is 2.71. The number of ether oxygens (including phenoxy) is 1. The lowest BCUT2D eigenvalue weighted by molar-refractivity contribution is -0.130. The molecule has 124 valence electrons. The number of carbonyl (C=O) groups is 2. The Morgan fingerprint density at radius 3 is 2.70 bits per heavy atom. The summed E-state index contributed by atoms with van der Waals surface area (Å²) in [6.45, 7) is 0.866. The van der Waals surface area contributed by atoms with Gasteiger partial charge in [0.05, 0.1) is 18.8 Å². The highest BCUT2D eigenvalue weighted by atomic mass is 35.5. The van der Waals surface area contributed by atoms with Gasteiger partial charge < -0.3 is 9.84 Å². The van der Waals surface area contributed by atoms with Crippen LogP contribution in [-0.2, 0) is 9.53 Å². The number of carbonyl (C=O) groups excluding carboxylic acids is 2. The molecule has 0 spiro atoms. The Hall–Kier alpha value is -2.23. The van der Waals surface area contributed by atoms with E-state index >= 15 is 0 Å². The van der Waals surface area contributed by atoms with Crippen molar-refractivity contribution in [1.29, 1.82) is 0 Å². The van der Waals surface area contributed by atoms with E-state index < -0.39 is 48.0 Å². The SMILES string of the molecule is C[C@@]1(Cl)C(=O)NC(=O)N([C@H]2C[C@H](N=[N+]=[N-])[C@@H](CO)O2)[C@H]1N=[N+]=[N-]. The number of halogens is 1. The predicted molar refractivity (Wildman–Crippen MR) is 75.9 cm³/mol. The molecule has 12 nitrogen and oxygen atoms in total. The number of urea groups is 1. The topological polar surface area (TPSA) is 176 Å². The molecule has 0 aliphatic carbocycles. The second kappa shape index (κ2) is 6.49. The summed E-state index contributed by atoms with van der Waals surface area (Å²) in [4.78, 5) is 28.5. The first-order valence-electron chi connectivity index (χ1n) is 6.54. The Bertz CT molecular complexity index is 614. The third-order valence-corrected chi connectivity index (χ3v) is 4.07. The number of aliphatic hydroxyl groups is 1. The fourth-order valence-electron chi connectivity index (χ4n) is 2.51. The summed E-state index contributed by atoms with van der Waals surface area (Å²) < 4.78 is 5.49. The summed E-state index contributed by atoms with van der Waals surface area (Å²) in [6, 6.07) is -1.57. The number of hydrogen-bond acceptors (Lipinski definition) is 6. The molecule has 0 unspecified atom stereocenters. The number of rotatable bonds is 4. The minimum Gasteiger partial charge on any atom is -0.394 e. The van der Waals surface area contributed by atoms with E-state index in [4.69, 9.17) is 27.4 Å². The van der Waals surface area contributed by atoms with Crippen molar-refractivity contribution >= 4 is 23.5 Å². The van der Waals surface area contributed by atoms with Gasteiger partial charge >= 0.3 is 6.03 Å². The van der Waals surface area contributed by atoms with Crippen molar-refractivity contribution in [2.75, 3.05) is 6.61 Å². The van der Waals surface area contributed by atoms with Crippen LogP contribution in [0.1, 0.15) is 13.3 Å². The van der Waals surface area contributed by atoms with E-state index in [1.54, 1.807) is 0 Å². The molecule has 0 aromatic heterocycles. The van der Waals surface area contributed by atoms with Gasteiger partial charge in [-0.1, -0.05) is 10.2 Å². The van der Waals surface area contributed by atoms with Gasteiger partial charge in [-0.2, -0.15) is 0 Å². The van der Waals surface area contributed by atoms with Crippen molar-refractivity contribution < 1.29 is 19.4 Å². The van der Waals surface area contributed by atoms with Gasteiger partial charge in [0.15, 0.2) is 0 Å². The van der Waals surface area contributed by atoms with Gasteiger partial charge in [-0.05, 0) is 18.0 Å². The molecule has 0 radical (unpaired) electrons. The first-order chi connectivity index (χ1) is 10.9. The molecule has 0 saturated carbocycles. The molecular formula is C10H13ClN8O4. The number of hydrogen-bond donors (Lipinski definition) is 2. The Morgan fingerprint density at radius 2 is 2.13 bits per heavy atom. The highest BCUT2D eigenvalue weighted by Crippen LogP contribution is 2.35. The summed E-state index contributed by atoms with van der Waals surface area (Å²) in [5.74, 6) is -0.805. The van der Waals surface area contributed by atoms with Crippen molar-refractivity contribution in [2.45, 2.75) is 42.8 Å². The minimum absolute atomic E-state index is 0.0569. The molecule has 5 atom stereocenters. The molecule has 0 aromatic rings. The van der Waals surface area contributed by atoms with E-state index in [1.165, 1.54) is 6.92 Å². The maximum Gasteiger partial charge on any atom is 0.326 e. The third-order valence-electron chi connectivity index (χ3n) is 3.70. The lowest BCUT2D eigenvalue weighted by atomic mass is 10.0. The molecule has 23 heavy (non-hydrogen) atoms. The zero-order chi connectivity index (χ0) is 17.2. The number of imide groups is 1. The van der Waals surface area contributed by atoms with Gasteiger partial charge in [0.1, 0.15) is 17.3 Å². The van der Waals surface area contributed by atoms with Crippen molar-refractivity contribution in [3.8, 4) is 0 Å². The van der Waals surface area contributed by atoms with E-state index in [2.05, 4.69) is 25.4 Å². The maximum atomic E-state index is 12.1. The highest BCUT2D eigenvalue weighted by Gasteiger charge is 2.53. The molecule has 2 fully saturated rings. The molecule has 13 heteroatoms. The molecule has 2 aliphatic heterocycles. The number of nitrogens with one attached hydrogen (secondary N) is 1. The van der Waals surface area contributed by atoms with Crippen LogP contribution in [0.3, 0.4) is 0 Å². The summed E-state index contributed by atoms with van der Waals surface area (Å²) in [5, 5.41) is 18.3. The van der Waals surface area contributed by atoms with Gasteiger partial charge in [-0.25, -0.2) is 4.79 Å². The normalized spacial score (nSPS) is 36.9. The monoisotopic (exact) mass is 344 g/mol.